The van der Waals surface area contributed by atoms with Crippen LogP contribution in [0.25, 0.3) is 10.9 Å². The van der Waals surface area contributed by atoms with Crippen LogP contribution in [0.1, 0.15) is 33.4 Å². The molecule has 114 valence electrons. The molecule has 0 aliphatic rings. The van der Waals surface area contributed by atoms with Gasteiger partial charge in [0, 0.05) is 12.4 Å². The number of nitrogens with zero attached hydrogens (tertiary/aromatic N) is 2. The van der Waals surface area contributed by atoms with E-state index in [2.05, 4.69) is 5.10 Å². The molecule has 2 aromatic rings. The molecule has 0 bridgehead atoms. The summed E-state index contributed by atoms with van der Waals surface area (Å²) in [6.45, 7) is 7.33. The van der Waals surface area contributed by atoms with E-state index in [4.69, 9.17) is 9.47 Å². The third kappa shape index (κ3) is 3.42. The Morgan fingerprint density at radius 2 is 2.00 bits per heavy atom. The molecule has 1 aromatic heterocycles. The number of carbonyl (C=O) groups is 1. The van der Waals surface area contributed by atoms with Crippen molar-refractivity contribution in [2.75, 3.05) is 0 Å². The highest BCUT2D eigenvalue weighted by Crippen LogP contribution is 2.21. The molecule has 0 radical (unpaired) electrons. The van der Waals surface area contributed by atoms with E-state index < -0.39 is 5.60 Å². The summed E-state index contributed by atoms with van der Waals surface area (Å²) in [6, 6.07) is 7.94. The van der Waals surface area contributed by atoms with Gasteiger partial charge in [0.25, 0.3) is 0 Å². The highest BCUT2D eigenvalue weighted by atomic mass is 16.6. The Balaban J connectivity index is 2.13. The fraction of sp³-hybridized carbons (Fsp3) is 0.500. The van der Waals surface area contributed by atoms with Crippen LogP contribution in [0, 0.1) is 0 Å². The monoisotopic (exact) mass is 290 g/mol. The Labute approximate surface area is 124 Å². The summed E-state index contributed by atoms with van der Waals surface area (Å²) in [4.78, 5) is 12.0. The van der Waals surface area contributed by atoms with Crippen molar-refractivity contribution in [3.63, 3.8) is 0 Å². The van der Waals surface area contributed by atoms with Crippen molar-refractivity contribution in [3.8, 4) is 0 Å². The SMILES string of the molecule is CC(C)OC(=O)C(C)(C)OCc1nn(C)c2ccccc12. The van der Waals surface area contributed by atoms with E-state index in [0.29, 0.717) is 0 Å². The zero-order valence-electron chi connectivity index (χ0n) is 13.2. The lowest BCUT2D eigenvalue weighted by Gasteiger charge is -2.24. The van der Waals surface area contributed by atoms with Gasteiger partial charge in [-0.1, -0.05) is 18.2 Å². The molecule has 5 heteroatoms. The molecule has 0 amide bonds. The molecule has 5 nitrogen and oxygen atoms in total. The first-order valence-corrected chi connectivity index (χ1v) is 7.07. The molecule has 2 rings (SSSR count). The molecule has 21 heavy (non-hydrogen) atoms. The van der Waals surface area contributed by atoms with Crippen molar-refractivity contribution in [2.24, 2.45) is 7.05 Å². The summed E-state index contributed by atoms with van der Waals surface area (Å²) < 4.78 is 12.8. The van der Waals surface area contributed by atoms with Crippen LogP contribution >= 0.6 is 0 Å². The summed E-state index contributed by atoms with van der Waals surface area (Å²) in [5, 5.41) is 5.49. The lowest BCUT2D eigenvalue weighted by Crippen LogP contribution is -2.38. The van der Waals surface area contributed by atoms with Crippen LogP contribution in [0.3, 0.4) is 0 Å². The van der Waals surface area contributed by atoms with E-state index in [1.165, 1.54) is 0 Å². The van der Waals surface area contributed by atoms with Gasteiger partial charge in [0.1, 0.15) is 0 Å². The second kappa shape index (κ2) is 5.85. The van der Waals surface area contributed by atoms with Crippen LogP contribution in [-0.2, 0) is 27.9 Å². The van der Waals surface area contributed by atoms with Crippen molar-refractivity contribution >= 4 is 16.9 Å². The Hall–Kier alpha value is -1.88. The van der Waals surface area contributed by atoms with Crippen LogP contribution in [0.5, 0.6) is 0 Å². The molecule has 0 saturated carbocycles. The minimum absolute atomic E-state index is 0.156. The predicted molar refractivity (Wildman–Crippen MR) is 80.8 cm³/mol. The topological polar surface area (TPSA) is 53.4 Å². The van der Waals surface area contributed by atoms with Crippen molar-refractivity contribution < 1.29 is 14.3 Å². The molecule has 0 aliphatic heterocycles. The minimum Gasteiger partial charge on any atom is -0.461 e. The number of aryl methyl sites for hydroxylation is 1. The van der Waals surface area contributed by atoms with E-state index in [9.17, 15) is 4.79 Å². The number of aromatic nitrogens is 2. The number of carbonyl (C=O) groups excluding carboxylic acids is 1. The van der Waals surface area contributed by atoms with Gasteiger partial charge in [0.2, 0.25) is 0 Å². The molecule has 0 atom stereocenters. The maximum Gasteiger partial charge on any atom is 0.338 e. The number of para-hydroxylation sites is 1. The molecule has 1 heterocycles. The fourth-order valence-electron chi connectivity index (χ4n) is 2.06. The van der Waals surface area contributed by atoms with Crippen LogP contribution in [-0.4, -0.2) is 27.5 Å². The maximum absolute atomic E-state index is 12.0. The van der Waals surface area contributed by atoms with Gasteiger partial charge < -0.3 is 9.47 Å². The van der Waals surface area contributed by atoms with Gasteiger partial charge in [-0.3, -0.25) is 4.68 Å². The van der Waals surface area contributed by atoms with Crippen molar-refractivity contribution in [1.29, 1.82) is 0 Å². The third-order valence-electron chi connectivity index (χ3n) is 3.24. The first kappa shape index (κ1) is 15.5. The number of benzene rings is 1. The molecule has 0 fully saturated rings. The first-order valence-electron chi connectivity index (χ1n) is 7.07. The normalized spacial score (nSPS) is 12.1. The van der Waals surface area contributed by atoms with Crippen molar-refractivity contribution in [2.45, 2.75) is 46.0 Å². The van der Waals surface area contributed by atoms with Crippen LogP contribution in [0.15, 0.2) is 24.3 Å². The molecular weight excluding hydrogens is 268 g/mol. The van der Waals surface area contributed by atoms with E-state index >= 15 is 0 Å². The molecule has 0 unspecified atom stereocenters. The van der Waals surface area contributed by atoms with Crippen molar-refractivity contribution in [3.05, 3.63) is 30.0 Å². The molecule has 0 aliphatic carbocycles. The smallest absolute Gasteiger partial charge is 0.338 e. The average Bonchev–Trinajstić information content (AvgIpc) is 2.73. The van der Waals surface area contributed by atoms with Gasteiger partial charge in [-0.05, 0) is 33.8 Å². The summed E-state index contributed by atoms with van der Waals surface area (Å²) in [7, 11) is 1.89. The Morgan fingerprint density at radius 1 is 1.33 bits per heavy atom. The maximum atomic E-state index is 12.0. The third-order valence-corrected chi connectivity index (χ3v) is 3.24. The number of hydrogen-bond donors (Lipinski definition) is 0. The summed E-state index contributed by atoms with van der Waals surface area (Å²) >= 11 is 0. The van der Waals surface area contributed by atoms with Gasteiger partial charge in [-0.25, -0.2) is 4.79 Å². The highest BCUT2D eigenvalue weighted by Gasteiger charge is 2.31. The van der Waals surface area contributed by atoms with Crippen LogP contribution < -0.4 is 0 Å². The number of ether oxygens (including phenoxy) is 2. The number of rotatable bonds is 5. The van der Waals surface area contributed by atoms with Gasteiger partial charge >= 0.3 is 5.97 Å². The van der Waals surface area contributed by atoms with Gasteiger partial charge in [0.15, 0.2) is 5.60 Å². The Kier molecular flexibility index (Phi) is 4.32. The number of fused-ring (bicyclic) bond motifs is 1. The predicted octanol–water partition coefficient (Wildman–Crippen LogP) is 2.82. The minimum atomic E-state index is -0.997. The zero-order chi connectivity index (χ0) is 15.6. The molecule has 0 spiro atoms. The van der Waals surface area contributed by atoms with Crippen molar-refractivity contribution in [1.82, 2.24) is 9.78 Å². The number of hydrogen-bond acceptors (Lipinski definition) is 4. The van der Waals surface area contributed by atoms with Crippen LogP contribution in [0.2, 0.25) is 0 Å². The van der Waals surface area contributed by atoms with E-state index in [1.807, 2.05) is 49.8 Å². The summed E-state index contributed by atoms with van der Waals surface area (Å²) in [6.07, 6.45) is -0.156. The quantitative estimate of drug-likeness (QED) is 0.795. The summed E-state index contributed by atoms with van der Waals surface area (Å²) in [5.74, 6) is -0.363. The Bertz CT molecular complexity index is 644. The average molecular weight is 290 g/mol. The van der Waals surface area contributed by atoms with Gasteiger partial charge in [-0.2, -0.15) is 5.10 Å². The van der Waals surface area contributed by atoms with E-state index in [-0.39, 0.29) is 18.7 Å². The highest BCUT2D eigenvalue weighted by molar-refractivity contribution is 5.82. The lowest BCUT2D eigenvalue weighted by molar-refractivity contribution is -0.173. The zero-order valence-corrected chi connectivity index (χ0v) is 13.2. The van der Waals surface area contributed by atoms with Gasteiger partial charge in [-0.15, -0.1) is 0 Å². The largest absolute Gasteiger partial charge is 0.461 e. The molecular formula is C16H22N2O3. The second-order valence-electron chi connectivity index (χ2n) is 5.84. The Morgan fingerprint density at radius 3 is 2.67 bits per heavy atom. The summed E-state index contributed by atoms with van der Waals surface area (Å²) in [5.41, 5.74) is 0.861. The second-order valence-corrected chi connectivity index (χ2v) is 5.84. The lowest BCUT2D eigenvalue weighted by atomic mass is 10.1. The van der Waals surface area contributed by atoms with E-state index in [0.717, 1.165) is 16.6 Å². The first-order chi connectivity index (χ1) is 9.81. The standard InChI is InChI=1S/C16H22N2O3/c1-11(2)21-15(19)16(3,4)20-10-13-12-8-6-7-9-14(12)18(5)17-13/h6-9,11H,10H2,1-5H3. The molecule has 0 N–H and O–H groups in total. The number of esters is 1. The molecule has 0 saturated heterocycles. The van der Waals surface area contributed by atoms with Gasteiger partial charge in [0.05, 0.1) is 23.9 Å². The van der Waals surface area contributed by atoms with Crippen LogP contribution in [0.4, 0.5) is 0 Å². The van der Waals surface area contributed by atoms with E-state index in [1.54, 1.807) is 13.8 Å². The molecule has 1 aromatic carbocycles. The fourth-order valence-corrected chi connectivity index (χ4v) is 2.06.